The smallest absolute Gasteiger partial charge is 0.273 e. The average molecular weight is 420 g/mol. The van der Waals surface area contributed by atoms with Crippen molar-refractivity contribution in [2.45, 2.75) is 45.6 Å². The van der Waals surface area contributed by atoms with E-state index in [1.807, 2.05) is 41.3 Å². The van der Waals surface area contributed by atoms with Gasteiger partial charge in [0.2, 0.25) is 0 Å². The van der Waals surface area contributed by atoms with Crippen molar-refractivity contribution < 1.29 is 14.6 Å². The molecule has 3 aromatic rings. The summed E-state index contributed by atoms with van der Waals surface area (Å²) in [5.74, 6) is 0.926. The summed E-state index contributed by atoms with van der Waals surface area (Å²) in [5, 5.41) is 17.8. The van der Waals surface area contributed by atoms with Gasteiger partial charge in [-0.1, -0.05) is 51.0 Å². The maximum Gasteiger partial charge on any atom is 0.273 e. The molecule has 0 radical (unpaired) electrons. The number of hydrogen-bond acceptors (Lipinski definition) is 4. The molecule has 0 saturated heterocycles. The van der Waals surface area contributed by atoms with E-state index in [9.17, 15) is 9.90 Å². The number of aromatic hydroxyl groups is 1. The predicted octanol–water partition coefficient (Wildman–Crippen LogP) is 5.31. The first-order chi connectivity index (χ1) is 15.2. The Hall–Kier alpha value is -3.28. The van der Waals surface area contributed by atoms with E-state index in [2.05, 4.69) is 24.0 Å². The lowest BCUT2D eigenvalue weighted by Gasteiger charge is -2.26. The summed E-state index contributed by atoms with van der Waals surface area (Å²) in [6.45, 7) is 5.62. The van der Waals surface area contributed by atoms with E-state index in [1.165, 1.54) is 0 Å². The number of unbranched alkanes of at least 4 members (excludes halogenated alkanes) is 2. The molecule has 0 fully saturated rings. The van der Waals surface area contributed by atoms with Crippen LogP contribution >= 0.6 is 0 Å². The fourth-order valence-electron chi connectivity index (χ4n) is 4.06. The topological polar surface area (TPSA) is 78.5 Å². The van der Waals surface area contributed by atoms with Gasteiger partial charge in [-0.25, -0.2) is 0 Å². The normalized spacial score (nSPS) is 15.4. The van der Waals surface area contributed by atoms with Gasteiger partial charge in [0.05, 0.1) is 12.6 Å². The number of aromatic nitrogens is 2. The van der Waals surface area contributed by atoms with Crippen LogP contribution in [0, 0.1) is 0 Å². The summed E-state index contributed by atoms with van der Waals surface area (Å²) in [6.07, 6.45) is 4.03. The molecular formula is C25H29N3O3. The van der Waals surface area contributed by atoms with Gasteiger partial charge in [-0.2, -0.15) is 5.10 Å². The predicted molar refractivity (Wildman–Crippen MR) is 120 cm³/mol. The maximum absolute atomic E-state index is 13.2. The van der Waals surface area contributed by atoms with Crippen molar-refractivity contribution in [2.75, 3.05) is 13.2 Å². The van der Waals surface area contributed by atoms with Crippen LogP contribution in [0.1, 0.15) is 67.2 Å². The van der Waals surface area contributed by atoms with Crippen molar-refractivity contribution in [3.8, 4) is 22.8 Å². The van der Waals surface area contributed by atoms with E-state index in [1.54, 1.807) is 12.1 Å². The van der Waals surface area contributed by atoms with Crippen LogP contribution in [0.5, 0.6) is 11.5 Å². The fourth-order valence-corrected chi connectivity index (χ4v) is 4.06. The van der Waals surface area contributed by atoms with Gasteiger partial charge in [0.25, 0.3) is 5.91 Å². The van der Waals surface area contributed by atoms with Gasteiger partial charge in [-0.15, -0.1) is 0 Å². The lowest BCUT2D eigenvalue weighted by atomic mass is 9.95. The van der Waals surface area contributed by atoms with E-state index >= 15 is 0 Å². The van der Waals surface area contributed by atoms with Gasteiger partial charge < -0.3 is 14.7 Å². The van der Waals surface area contributed by atoms with E-state index in [0.717, 1.165) is 42.6 Å². The van der Waals surface area contributed by atoms with Gasteiger partial charge >= 0.3 is 0 Å². The highest BCUT2D eigenvalue weighted by Gasteiger charge is 2.42. The molecule has 0 unspecified atom stereocenters. The minimum Gasteiger partial charge on any atom is -0.507 e. The summed E-state index contributed by atoms with van der Waals surface area (Å²) in [7, 11) is 0. The number of nitrogens with zero attached hydrogens (tertiary/aromatic N) is 2. The van der Waals surface area contributed by atoms with E-state index in [-0.39, 0.29) is 17.7 Å². The minimum atomic E-state index is -0.257. The number of aromatic amines is 1. The third kappa shape index (κ3) is 4.02. The van der Waals surface area contributed by atoms with E-state index in [0.29, 0.717) is 30.1 Å². The summed E-state index contributed by atoms with van der Waals surface area (Å²) < 4.78 is 5.81. The standard InChI is InChI=1S/C25H29N3O3/c1-3-5-15-28-24(17-11-13-18(14-12-17)31-16-6-4-2)21-22(26-27-23(21)25(28)30)19-9-7-8-10-20(19)29/h7-14,24,29H,3-6,15-16H2,1-2H3,(H,26,27)/t24-/m1/s1. The van der Waals surface area contributed by atoms with E-state index in [4.69, 9.17) is 4.74 Å². The van der Waals surface area contributed by atoms with Crippen LogP contribution < -0.4 is 4.74 Å². The number of benzene rings is 2. The lowest BCUT2D eigenvalue weighted by Crippen LogP contribution is -2.30. The summed E-state index contributed by atoms with van der Waals surface area (Å²) in [4.78, 5) is 15.1. The van der Waals surface area contributed by atoms with Crippen LogP contribution in [0.25, 0.3) is 11.3 Å². The van der Waals surface area contributed by atoms with Gasteiger partial charge in [0.1, 0.15) is 22.9 Å². The molecule has 0 spiro atoms. The number of phenolic OH excluding ortho intramolecular Hbond substituents is 1. The van der Waals surface area contributed by atoms with Crippen LogP contribution in [-0.2, 0) is 0 Å². The highest BCUT2D eigenvalue weighted by molar-refractivity contribution is 6.00. The number of fused-ring (bicyclic) bond motifs is 1. The van der Waals surface area contributed by atoms with Crippen molar-refractivity contribution in [3.63, 3.8) is 0 Å². The van der Waals surface area contributed by atoms with Crippen molar-refractivity contribution >= 4 is 5.91 Å². The van der Waals surface area contributed by atoms with Crippen LogP contribution in [0.2, 0.25) is 0 Å². The molecule has 4 rings (SSSR count). The molecule has 2 aromatic carbocycles. The quantitative estimate of drug-likeness (QED) is 0.461. The molecule has 1 aromatic heterocycles. The molecule has 1 aliphatic rings. The molecule has 6 nitrogen and oxygen atoms in total. The summed E-state index contributed by atoms with van der Waals surface area (Å²) in [6, 6.07) is 14.8. The first-order valence-corrected chi connectivity index (χ1v) is 11.1. The zero-order valence-electron chi connectivity index (χ0n) is 18.1. The van der Waals surface area contributed by atoms with Crippen LogP contribution in [0.3, 0.4) is 0 Å². The number of H-pyrrole nitrogens is 1. The van der Waals surface area contributed by atoms with Gasteiger partial charge in [0.15, 0.2) is 0 Å². The number of phenols is 1. The third-order valence-corrected chi connectivity index (χ3v) is 5.74. The summed E-state index contributed by atoms with van der Waals surface area (Å²) in [5.41, 5.74) is 3.57. The Kier molecular flexibility index (Phi) is 6.26. The van der Waals surface area contributed by atoms with Crippen molar-refractivity contribution in [2.24, 2.45) is 0 Å². The van der Waals surface area contributed by atoms with Crippen molar-refractivity contribution in [1.29, 1.82) is 0 Å². The van der Waals surface area contributed by atoms with Crippen LogP contribution in [0.4, 0.5) is 0 Å². The molecular weight excluding hydrogens is 390 g/mol. The number of carbonyl (C=O) groups is 1. The first kappa shape index (κ1) is 21.0. The Bertz CT molecular complexity index is 1040. The molecule has 1 atom stereocenters. The Morgan fingerprint density at radius 1 is 1.06 bits per heavy atom. The molecule has 0 bridgehead atoms. The molecule has 2 heterocycles. The first-order valence-electron chi connectivity index (χ1n) is 11.1. The zero-order valence-corrected chi connectivity index (χ0v) is 18.1. The van der Waals surface area contributed by atoms with Gasteiger partial charge in [-0.05, 0) is 42.7 Å². The number of amides is 1. The van der Waals surface area contributed by atoms with Crippen molar-refractivity contribution in [1.82, 2.24) is 15.1 Å². The fraction of sp³-hybridized carbons (Fsp3) is 0.360. The Balaban J connectivity index is 1.74. The number of nitrogens with one attached hydrogen (secondary N) is 1. The second-order valence-electron chi connectivity index (χ2n) is 7.90. The SMILES string of the molecule is CCCCOc1ccc([C@@H]2c3c(-c4ccccc4O)n[nH]c3C(=O)N2CCCC)cc1. The lowest BCUT2D eigenvalue weighted by molar-refractivity contribution is 0.0741. The van der Waals surface area contributed by atoms with Crippen LogP contribution in [0.15, 0.2) is 48.5 Å². The molecule has 2 N–H and O–H groups in total. The van der Waals surface area contributed by atoms with Gasteiger partial charge in [0, 0.05) is 17.7 Å². The number of carbonyl (C=O) groups excluding carboxylic acids is 1. The summed E-state index contributed by atoms with van der Waals surface area (Å²) >= 11 is 0. The third-order valence-electron chi connectivity index (χ3n) is 5.74. The molecule has 6 heteroatoms. The second kappa shape index (κ2) is 9.25. The highest BCUT2D eigenvalue weighted by Crippen LogP contribution is 2.44. The Morgan fingerprint density at radius 3 is 2.52 bits per heavy atom. The zero-order chi connectivity index (χ0) is 21.8. The molecule has 0 aliphatic carbocycles. The molecule has 162 valence electrons. The van der Waals surface area contributed by atoms with Gasteiger partial charge in [-0.3, -0.25) is 9.89 Å². The Labute approximate surface area is 182 Å². The number of hydrogen-bond donors (Lipinski definition) is 2. The minimum absolute atomic E-state index is 0.0501. The van der Waals surface area contributed by atoms with E-state index < -0.39 is 0 Å². The Morgan fingerprint density at radius 2 is 1.81 bits per heavy atom. The number of ether oxygens (including phenoxy) is 1. The maximum atomic E-state index is 13.2. The number of rotatable bonds is 9. The molecule has 31 heavy (non-hydrogen) atoms. The molecule has 0 saturated carbocycles. The largest absolute Gasteiger partial charge is 0.507 e. The highest BCUT2D eigenvalue weighted by atomic mass is 16.5. The average Bonchev–Trinajstić information content (AvgIpc) is 3.32. The molecule has 1 amide bonds. The van der Waals surface area contributed by atoms with Crippen molar-refractivity contribution in [3.05, 3.63) is 65.4 Å². The molecule has 1 aliphatic heterocycles. The van der Waals surface area contributed by atoms with Crippen LogP contribution in [-0.4, -0.2) is 39.3 Å². The second-order valence-corrected chi connectivity index (χ2v) is 7.90. The number of para-hydroxylation sites is 1. The monoisotopic (exact) mass is 419 g/mol.